The third-order valence-electron chi connectivity index (χ3n) is 3.56. The number of ether oxygens (including phenoxy) is 1. The summed E-state index contributed by atoms with van der Waals surface area (Å²) in [5, 5.41) is 5.11. The lowest BCUT2D eigenvalue weighted by Gasteiger charge is -2.12. The normalized spacial score (nSPS) is 11.3. The van der Waals surface area contributed by atoms with Gasteiger partial charge in [-0.15, -0.1) is 0 Å². The number of amides is 2. The molecule has 27 heavy (non-hydrogen) atoms. The monoisotopic (exact) mass is 399 g/mol. The van der Waals surface area contributed by atoms with Gasteiger partial charge >= 0.3 is 12.6 Å². The van der Waals surface area contributed by atoms with E-state index in [4.69, 9.17) is 0 Å². The summed E-state index contributed by atoms with van der Waals surface area (Å²) in [5.41, 5.74) is 0.984. The van der Waals surface area contributed by atoms with Crippen molar-refractivity contribution in [2.24, 2.45) is 0 Å². The van der Waals surface area contributed by atoms with Gasteiger partial charge in [0.05, 0.1) is 4.90 Å². The van der Waals surface area contributed by atoms with Crippen molar-refractivity contribution in [2.75, 3.05) is 7.05 Å². The SMILES string of the molecule is CNS(=O)(=O)c1cccc(CNC(=O)NCc2ccccc2OC(F)F)c1. The third kappa shape index (κ3) is 6.19. The van der Waals surface area contributed by atoms with Gasteiger partial charge in [-0.05, 0) is 30.8 Å². The van der Waals surface area contributed by atoms with Crippen LogP contribution in [0.1, 0.15) is 11.1 Å². The predicted molar refractivity (Wildman–Crippen MR) is 94.8 cm³/mol. The van der Waals surface area contributed by atoms with E-state index in [0.717, 1.165) is 0 Å². The highest BCUT2D eigenvalue weighted by Crippen LogP contribution is 2.19. The highest BCUT2D eigenvalue weighted by atomic mass is 32.2. The number of halogens is 2. The van der Waals surface area contributed by atoms with E-state index in [-0.39, 0.29) is 23.7 Å². The molecule has 0 saturated heterocycles. The average Bonchev–Trinajstić information content (AvgIpc) is 2.65. The molecule has 2 aromatic carbocycles. The van der Waals surface area contributed by atoms with Crippen LogP contribution in [-0.2, 0) is 23.1 Å². The second-order valence-electron chi connectivity index (χ2n) is 5.38. The zero-order valence-corrected chi connectivity index (χ0v) is 15.2. The van der Waals surface area contributed by atoms with Gasteiger partial charge in [0.25, 0.3) is 0 Å². The molecule has 0 aliphatic carbocycles. The molecule has 0 aromatic heterocycles. The molecular weight excluding hydrogens is 380 g/mol. The minimum absolute atomic E-state index is 0.0110. The van der Waals surface area contributed by atoms with Crippen LogP contribution in [0, 0.1) is 0 Å². The van der Waals surface area contributed by atoms with E-state index in [9.17, 15) is 22.0 Å². The summed E-state index contributed by atoms with van der Waals surface area (Å²) in [6, 6.07) is 11.7. The van der Waals surface area contributed by atoms with E-state index in [1.54, 1.807) is 30.3 Å². The van der Waals surface area contributed by atoms with Crippen LogP contribution in [-0.4, -0.2) is 28.1 Å². The minimum atomic E-state index is -3.57. The van der Waals surface area contributed by atoms with Gasteiger partial charge in [-0.25, -0.2) is 17.9 Å². The Kier molecular flexibility index (Phi) is 7.08. The van der Waals surface area contributed by atoms with Crippen molar-refractivity contribution in [1.29, 1.82) is 0 Å². The van der Waals surface area contributed by atoms with E-state index in [2.05, 4.69) is 20.1 Å². The van der Waals surface area contributed by atoms with Crippen molar-refractivity contribution in [3.8, 4) is 5.75 Å². The van der Waals surface area contributed by atoms with Crippen molar-refractivity contribution in [3.05, 3.63) is 59.7 Å². The van der Waals surface area contributed by atoms with Crippen LogP contribution in [0.2, 0.25) is 0 Å². The first-order valence-electron chi connectivity index (χ1n) is 7.88. The molecule has 0 bridgehead atoms. The number of urea groups is 1. The van der Waals surface area contributed by atoms with Gasteiger partial charge in [-0.2, -0.15) is 8.78 Å². The molecule has 0 aliphatic rings. The molecule has 0 radical (unpaired) electrons. The van der Waals surface area contributed by atoms with Crippen LogP contribution in [0.15, 0.2) is 53.4 Å². The summed E-state index contributed by atoms with van der Waals surface area (Å²) < 4.78 is 54.9. The van der Waals surface area contributed by atoms with Crippen molar-refractivity contribution in [1.82, 2.24) is 15.4 Å². The lowest BCUT2D eigenvalue weighted by atomic mass is 10.2. The Bertz CT molecular complexity index is 891. The van der Waals surface area contributed by atoms with Gasteiger partial charge in [0.15, 0.2) is 0 Å². The first kappa shape index (κ1) is 20.6. The number of alkyl halides is 2. The topological polar surface area (TPSA) is 96.5 Å². The number of hydrogen-bond donors (Lipinski definition) is 3. The summed E-state index contributed by atoms with van der Waals surface area (Å²) >= 11 is 0. The van der Waals surface area contributed by atoms with Gasteiger partial charge in [-0.3, -0.25) is 0 Å². The van der Waals surface area contributed by atoms with Crippen LogP contribution < -0.4 is 20.1 Å². The molecular formula is C17H19F2N3O4S. The zero-order valence-electron chi connectivity index (χ0n) is 14.4. The fourth-order valence-electron chi connectivity index (χ4n) is 2.22. The number of benzene rings is 2. The van der Waals surface area contributed by atoms with Crippen molar-refractivity contribution in [2.45, 2.75) is 24.6 Å². The largest absolute Gasteiger partial charge is 0.434 e. The molecule has 0 atom stereocenters. The molecule has 0 spiro atoms. The highest BCUT2D eigenvalue weighted by molar-refractivity contribution is 7.89. The molecule has 0 aliphatic heterocycles. The predicted octanol–water partition coefficient (Wildman–Crippen LogP) is 2.20. The summed E-state index contributed by atoms with van der Waals surface area (Å²) in [7, 11) is -2.26. The maximum atomic E-state index is 12.4. The molecule has 2 aromatic rings. The van der Waals surface area contributed by atoms with Gasteiger partial charge in [0.2, 0.25) is 10.0 Å². The molecule has 3 N–H and O–H groups in total. The van der Waals surface area contributed by atoms with Crippen LogP contribution >= 0.6 is 0 Å². The Morgan fingerprint density at radius 2 is 1.78 bits per heavy atom. The fourth-order valence-corrected chi connectivity index (χ4v) is 3.02. The molecule has 0 saturated carbocycles. The van der Waals surface area contributed by atoms with Gasteiger partial charge < -0.3 is 15.4 Å². The Hall–Kier alpha value is -2.72. The standard InChI is InChI=1S/C17H19F2N3O4S/c1-20-27(24,25)14-7-4-5-12(9-14)10-21-17(23)22-11-13-6-2-3-8-15(13)26-16(18)19/h2-9,16,20H,10-11H2,1H3,(H2,21,22,23). The number of carbonyl (C=O) groups excluding carboxylic acids is 1. The number of nitrogens with one attached hydrogen (secondary N) is 3. The van der Waals surface area contributed by atoms with Gasteiger partial charge in [-0.1, -0.05) is 30.3 Å². The summed E-state index contributed by atoms with van der Waals surface area (Å²) in [6.07, 6.45) is 0. The summed E-state index contributed by atoms with van der Waals surface area (Å²) in [5.74, 6) is -0.0160. The molecule has 0 heterocycles. The number of sulfonamides is 1. The second kappa shape index (κ2) is 9.28. The Balaban J connectivity index is 1.92. The quantitative estimate of drug-likeness (QED) is 0.634. The van der Waals surface area contributed by atoms with Crippen LogP contribution in [0.5, 0.6) is 5.75 Å². The van der Waals surface area contributed by atoms with Crippen molar-refractivity contribution in [3.63, 3.8) is 0 Å². The second-order valence-corrected chi connectivity index (χ2v) is 7.26. The zero-order chi connectivity index (χ0) is 19.9. The Labute approximate surface area is 155 Å². The highest BCUT2D eigenvalue weighted by Gasteiger charge is 2.12. The maximum absolute atomic E-state index is 12.4. The minimum Gasteiger partial charge on any atom is -0.434 e. The lowest BCUT2D eigenvalue weighted by molar-refractivity contribution is -0.0504. The van der Waals surface area contributed by atoms with Crippen molar-refractivity contribution < 1.29 is 26.7 Å². The fraction of sp³-hybridized carbons (Fsp3) is 0.235. The summed E-state index contributed by atoms with van der Waals surface area (Å²) in [4.78, 5) is 12.0. The van der Waals surface area contributed by atoms with Crippen molar-refractivity contribution >= 4 is 16.1 Å². The van der Waals surface area contributed by atoms with E-state index in [0.29, 0.717) is 11.1 Å². The third-order valence-corrected chi connectivity index (χ3v) is 4.97. The first-order valence-corrected chi connectivity index (χ1v) is 9.37. The van der Waals surface area contributed by atoms with E-state index < -0.39 is 22.7 Å². The van der Waals surface area contributed by atoms with Crippen LogP contribution in [0.25, 0.3) is 0 Å². The molecule has 7 nitrogen and oxygen atoms in total. The molecule has 10 heteroatoms. The number of hydrogen-bond acceptors (Lipinski definition) is 4. The molecule has 0 fully saturated rings. The number of para-hydroxylation sites is 1. The van der Waals surface area contributed by atoms with E-state index >= 15 is 0 Å². The molecule has 0 unspecified atom stereocenters. The average molecular weight is 399 g/mol. The van der Waals surface area contributed by atoms with E-state index in [1.165, 1.54) is 25.2 Å². The number of carbonyl (C=O) groups is 1. The van der Waals surface area contributed by atoms with Crippen LogP contribution in [0.4, 0.5) is 13.6 Å². The lowest BCUT2D eigenvalue weighted by Crippen LogP contribution is -2.34. The summed E-state index contributed by atoms with van der Waals surface area (Å²) in [6.45, 7) is -2.88. The smallest absolute Gasteiger partial charge is 0.387 e. The van der Waals surface area contributed by atoms with Gasteiger partial charge in [0, 0.05) is 18.7 Å². The molecule has 146 valence electrons. The van der Waals surface area contributed by atoms with Gasteiger partial charge in [0.1, 0.15) is 5.75 Å². The maximum Gasteiger partial charge on any atom is 0.387 e. The van der Waals surface area contributed by atoms with Crippen LogP contribution in [0.3, 0.4) is 0 Å². The molecule has 2 amide bonds. The van der Waals surface area contributed by atoms with E-state index in [1.807, 2.05) is 0 Å². The molecule has 2 rings (SSSR count). The number of rotatable bonds is 8. The first-order chi connectivity index (χ1) is 12.8. The Morgan fingerprint density at radius 1 is 1.07 bits per heavy atom. The Morgan fingerprint density at radius 3 is 2.48 bits per heavy atom.